The Morgan fingerprint density at radius 1 is 1.67 bits per heavy atom. The van der Waals surface area contributed by atoms with Crippen molar-refractivity contribution in [3.05, 3.63) is 24.0 Å². The first-order valence-corrected chi connectivity index (χ1v) is 3.97. The molecule has 1 aromatic rings. The van der Waals surface area contributed by atoms with Crippen LogP contribution < -0.4 is 0 Å². The van der Waals surface area contributed by atoms with Crippen LogP contribution in [0.25, 0.3) is 0 Å². The molecule has 0 aromatic carbocycles. The van der Waals surface area contributed by atoms with Crippen LogP contribution in [0.3, 0.4) is 0 Å². The number of rotatable bonds is 4. The van der Waals surface area contributed by atoms with Gasteiger partial charge in [0.15, 0.2) is 5.78 Å². The second-order valence-corrected chi connectivity index (χ2v) is 2.69. The van der Waals surface area contributed by atoms with Crippen LogP contribution in [0.15, 0.2) is 18.3 Å². The Kier molecular flexibility index (Phi) is 3.02. The molecule has 0 amide bonds. The van der Waals surface area contributed by atoms with Crippen LogP contribution in [0.5, 0.6) is 0 Å². The van der Waals surface area contributed by atoms with E-state index in [1.165, 1.54) is 6.92 Å². The highest BCUT2D eigenvalue weighted by Crippen LogP contribution is 2.04. The summed E-state index contributed by atoms with van der Waals surface area (Å²) >= 11 is 0. The van der Waals surface area contributed by atoms with Gasteiger partial charge in [-0.15, -0.1) is 0 Å². The largest absolute Gasteiger partial charge is 0.345 e. The fourth-order valence-electron chi connectivity index (χ4n) is 1.16. The van der Waals surface area contributed by atoms with E-state index in [9.17, 15) is 9.18 Å². The van der Waals surface area contributed by atoms with Gasteiger partial charge in [-0.1, -0.05) is 0 Å². The Balaban J connectivity index is 2.70. The predicted octanol–water partition coefficient (Wildman–Crippen LogP) is 2.05. The second-order valence-electron chi connectivity index (χ2n) is 2.69. The summed E-state index contributed by atoms with van der Waals surface area (Å²) in [6, 6.07) is 3.55. The number of aryl methyl sites for hydroxylation is 1. The van der Waals surface area contributed by atoms with E-state index in [1.807, 2.05) is 0 Å². The van der Waals surface area contributed by atoms with Crippen molar-refractivity contribution >= 4 is 5.78 Å². The van der Waals surface area contributed by atoms with E-state index in [-0.39, 0.29) is 12.5 Å². The number of carbonyl (C=O) groups excluding carboxylic acids is 1. The maximum atomic E-state index is 11.8. The van der Waals surface area contributed by atoms with Crippen molar-refractivity contribution in [2.45, 2.75) is 19.9 Å². The molecule has 0 atom stereocenters. The fraction of sp³-hybridized carbons (Fsp3) is 0.444. The van der Waals surface area contributed by atoms with E-state index < -0.39 is 0 Å². The summed E-state index contributed by atoms with van der Waals surface area (Å²) in [5.74, 6) is 0.0267. The first kappa shape index (κ1) is 8.97. The number of nitrogens with zero attached hydrogens (tertiary/aromatic N) is 1. The summed E-state index contributed by atoms with van der Waals surface area (Å²) in [6.45, 7) is 1.76. The maximum Gasteiger partial charge on any atom is 0.176 e. The van der Waals surface area contributed by atoms with Crippen molar-refractivity contribution in [1.29, 1.82) is 0 Å². The van der Waals surface area contributed by atoms with Crippen LogP contribution in [-0.4, -0.2) is 17.0 Å². The van der Waals surface area contributed by atoms with E-state index in [4.69, 9.17) is 0 Å². The topological polar surface area (TPSA) is 22.0 Å². The number of Topliss-reactive ketones (excluding diaryl/α,β-unsaturated/α-hetero) is 1. The van der Waals surface area contributed by atoms with Crippen molar-refractivity contribution < 1.29 is 9.18 Å². The summed E-state index contributed by atoms with van der Waals surface area (Å²) in [7, 11) is 0. The Bertz CT molecular complexity index is 267. The highest BCUT2D eigenvalue weighted by Gasteiger charge is 2.03. The van der Waals surface area contributed by atoms with E-state index >= 15 is 0 Å². The van der Waals surface area contributed by atoms with E-state index in [0.29, 0.717) is 18.7 Å². The summed E-state index contributed by atoms with van der Waals surface area (Å²) in [6.07, 6.45) is 2.27. The predicted molar refractivity (Wildman–Crippen MR) is 45.0 cm³/mol. The van der Waals surface area contributed by atoms with Crippen molar-refractivity contribution in [3.8, 4) is 0 Å². The molecular weight excluding hydrogens is 157 g/mol. The molecule has 12 heavy (non-hydrogen) atoms. The Hall–Kier alpha value is -1.12. The quantitative estimate of drug-likeness (QED) is 0.632. The molecule has 0 saturated carbocycles. The summed E-state index contributed by atoms with van der Waals surface area (Å²) < 4.78 is 13.6. The minimum atomic E-state index is -0.338. The molecule has 0 bridgehead atoms. The number of aromatic nitrogens is 1. The van der Waals surface area contributed by atoms with Crippen LogP contribution in [0.2, 0.25) is 0 Å². The van der Waals surface area contributed by atoms with Gasteiger partial charge in [0, 0.05) is 19.7 Å². The van der Waals surface area contributed by atoms with Gasteiger partial charge in [-0.05, 0) is 18.6 Å². The first-order chi connectivity index (χ1) is 5.75. The zero-order valence-corrected chi connectivity index (χ0v) is 7.09. The van der Waals surface area contributed by atoms with Crippen LogP contribution in [0, 0.1) is 0 Å². The summed E-state index contributed by atoms with van der Waals surface area (Å²) in [5, 5.41) is 0. The van der Waals surface area contributed by atoms with Crippen LogP contribution in [0.4, 0.5) is 4.39 Å². The van der Waals surface area contributed by atoms with Crippen molar-refractivity contribution in [1.82, 2.24) is 4.57 Å². The molecule has 2 nitrogen and oxygen atoms in total. The van der Waals surface area contributed by atoms with Gasteiger partial charge in [-0.25, -0.2) is 0 Å². The molecule has 0 aliphatic rings. The molecule has 0 aliphatic heterocycles. The Morgan fingerprint density at radius 2 is 2.42 bits per heavy atom. The van der Waals surface area contributed by atoms with Gasteiger partial charge in [0.1, 0.15) is 0 Å². The van der Waals surface area contributed by atoms with Gasteiger partial charge in [0.25, 0.3) is 0 Å². The lowest BCUT2D eigenvalue weighted by Gasteiger charge is -2.03. The molecule has 0 N–H and O–H groups in total. The highest BCUT2D eigenvalue weighted by atomic mass is 19.1. The average Bonchev–Trinajstić information content (AvgIpc) is 2.48. The standard InChI is InChI=1S/C9H12FNO/c1-8(12)9-4-2-6-11(9)7-3-5-10/h2,4,6H,3,5,7H2,1H3. The molecule has 1 heterocycles. The van der Waals surface area contributed by atoms with Gasteiger partial charge in [0.05, 0.1) is 12.4 Å². The molecule has 0 spiro atoms. The molecule has 0 unspecified atom stereocenters. The smallest absolute Gasteiger partial charge is 0.176 e. The minimum Gasteiger partial charge on any atom is -0.345 e. The van der Waals surface area contributed by atoms with Gasteiger partial charge < -0.3 is 4.57 Å². The molecule has 1 aromatic heterocycles. The number of halogens is 1. The van der Waals surface area contributed by atoms with Gasteiger partial charge in [-0.2, -0.15) is 0 Å². The fourth-order valence-corrected chi connectivity index (χ4v) is 1.16. The second kappa shape index (κ2) is 4.04. The molecule has 66 valence electrons. The van der Waals surface area contributed by atoms with E-state index in [0.717, 1.165) is 0 Å². The maximum absolute atomic E-state index is 11.8. The van der Waals surface area contributed by atoms with Crippen LogP contribution in [-0.2, 0) is 6.54 Å². The normalized spacial score (nSPS) is 10.2. The molecular formula is C9H12FNO. The van der Waals surface area contributed by atoms with Crippen LogP contribution in [0.1, 0.15) is 23.8 Å². The third kappa shape index (κ3) is 1.94. The molecule has 3 heteroatoms. The average molecular weight is 169 g/mol. The first-order valence-electron chi connectivity index (χ1n) is 3.97. The van der Waals surface area contributed by atoms with Crippen LogP contribution >= 0.6 is 0 Å². The minimum absolute atomic E-state index is 0.0267. The number of carbonyl (C=O) groups is 1. The number of hydrogen-bond acceptors (Lipinski definition) is 1. The Morgan fingerprint density at radius 3 is 3.00 bits per heavy atom. The summed E-state index contributed by atoms with van der Waals surface area (Å²) in [4.78, 5) is 11.0. The third-order valence-electron chi connectivity index (χ3n) is 1.72. The van der Waals surface area contributed by atoms with Gasteiger partial charge >= 0.3 is 0 Å². The molecule has 0 saturated heterocycles. The van der Waals surface area contributed by atoms with Gasteiger partial charge in [0.2, 0.25) is 0 Å². The number of hydrogen-bond donors (Lipinski definition) is 0. The zero-order valence-electron chi connectivity index (χ0n) is 7.09. The monoisotopic (exact) mass is 169 g/mol. The van der Waals surface area contributed by atoms with E-state index in [2.05, 4.69) is 0 Å². The zero-order chi connectivity index (χ0) is 8.97. The lowest BCUT2D eigenvalue weighted by atomic mass is 10.3. The van der Waals surface area contributed by atoms with Crippen molar-refractivity contribution in [2.24, 2.45) is 0 Å². The lowest BCUT2D eigenvalue weighted by molar-refractivity contribution is 0.100. The SMILES string of the molecule is CC(=O)c1cccn1CCCF. The molecule has 0 radical (unpaired) electrons. The van der Waals surface area contributed by atoms with Gasteiger partial charge in [-0.3, -0.25) is 9.18 Å². The molecule has 0 aliphatic carbocycles. The summed E-state index contributed by atoms with van der Waals surface area (Å²) in [5.41, 5.74) is 0.656. The van der Waals surface area contributed by atoms with E-state index in [1.54, 1.807) is 22.9 Å². The van der Waals surface area contributed by atoms with Crippen molar-refractivity contribution in [3.63, 3.8) is 0 Å². The highest BCUT2D eigenvalue weighted by molar-refractivity contribution is 5.92. The van der Waals surface area contributed by atoms with Crippen molar-refractivity contribution in [2.75, 3.05) is 6.67 Å². The molecule has 1 rings (SSSR count). The Labute approximate surface area is 71.0 Å². The number of alkyl halides is 1. The third-order valence-corrected chi connectivity index (χ3v) is 1.72. The molecule has 0 fully saturated rings. The lowest BCUT2D eigenvalue weighted by Crippen LogP contribution is -2.05. The number of ketones is 1.